The Bertz CT molecular complexity index is 158. The van der Waals surface area contributed by atoms with Crippen molar-refractivity contribution in [2.24, 2.45) is 0 Å². The first kappa shape index (κ1) is 9.18. The van der Waals surface area contributed by atoms with Gasteiger partial charge >= 0.3 is 27.5 Å². The minimum absolute atomic E-state index is 0.0556. The Morgan fingerprint density at radius 2 is 2.11 bits per heavy atom. The van der Waals surface area contributed by atoms with E-state index in [9.17, 15) is 0 Å². The van der Waals surface area contributed by atoms with Gasteiger partial charge in [0.25, 0.3) is 0 Å². The van der Waals surface area contributed by atoms with Gasteiger partial charge in [0.05, 0.1) is 5.03 Å². The summed E-state index contributed by atoms with van der Waals surface area (Å²) in [5.41, 5.74) is 0. The second-order valence-corrected chi connectivity index (χ2v) is 1.65. The predicted octanol–water partition coefficient (Wildman–Crippen LogP) is 0.603. The van der Waals surface area contributed by atoms with Gasteiger partial charge in [0.15, 0.2) is 0 Å². The molecule has 1 aromatic heterocycles. The fourth-order valence-electron chi connectivity index (χ4n) is 0.354. The van der Waals surface area contributed by atoms with Gasteiger partial charge < -0.3 is 0 Å². The molecule has 0 N–H and O–H groups in total. The summed E-state index contributed by atoms with van der Waals surface area (Å²) in [6.45, 7) is 0. The monoisotopic (exact) mass is 337 g/mol. The molecule has 0 spiro atoms. The van der Waals surface area contributed by atoms with Crippen molar-refractivity contribution >= 4 is 37.4 Å². The maximum absolute atomic E-state index is 8.39. The van der Waals surface area contributed by atoms with Gasteiger partial charge in [0.2, 0.25) is 0 Å². The zero-order valence-electron chi connectivity index (χ0n) is 4.61. The van der Waals surface area contributed by atoms with Gasteiger partial charge in [-0.2, -0.15) is 0 Å². The Labute approximate surface area is 74.4 Å². The molecule has 0 atom stereocenters. The van der Waals surface area contributed by atoms with Crippen LogP contribution in [0.5, 0.6) is 0 Å². The van der Waals surface area contributed by atoms with Crippen molar-refractivity contribution in [3.05, 3.63) is 24.4 Å². The zero-order chi connectivity index (χ0) is 7.11. The van der Waals surface area contributed by atoms with Crippen LogP contribution in [0, 0.1) is 0 Å². The maximum atomic E-state index is 8.39. The van der Waals surface area contributed by atoms with Crippen LogP contribution in [0.2, 0.25) is 0 Å². The van der Waals surface area contributed by atoms with Crippen molar-refractivity contribution in [2.75, 3.05) is 0 Å². The Balaban J connectivity index is 0.000000291. The molecule has 0 aliphatic carbocycles. The van der Waals surface area contributed by atoms with Crippen LogP contribution in [0.4, 0.5) is 0 Å². The summed E-state index contributed by atoms with van der Waals surface area (Å²) in [5, 5.41) is 0.766. The van der Waals surface area contributed by atoms with Gasteiger partial charge in [-0.25, -0.2) is 0 Å². The van der Waals surface area contributed by atoms with Gasteiger partial charge in [-0.3, -0.25) is 4.98 Å². The van der Waals surface area contributed by atoms with Crippen molar-refractivity contribution in [2.45, 2.75) is 5.03 Å². The minimum atomic E-state index is 0.0556. The summed E-state index contributed by atoms with van der Waals surface area (Å²) in [6.07, 6.45) is 1.71. The number of thiol groups is 1. The number of nitrogens with zero attached hydrogens (tertiary/aromatic N) is 1. The first-order valence-electron chi connectivity index (χ1n) is 2.20. The molecule has 9 heavy (non-hydrogen) atoms. The van der Waals surface area contributed by atoms with E-state index in [1.54, 1.807) is 6.20 Å². The third-order valence-corrected chi connectivity index (χ3v) is 0.914. The van der Waals surface area contributed by atoms with Crippen molar-refractivity contribution < 1.29 is 2.81 Å². The van der Waals surface area contributed by atoms with E-state index in [4.69, 9.17) is 2.81 Å². The molecule has 0 fully saturated rings. The molecule has 0 aliphatic heterocycles. The summed E-state index contributed by atoms with van der Waals surface area (Å²) in [4.78, 5) is 3.84. The number of pyridine rings is 1. The molecule has 1 heterocycles. The molecule has 0 aromatic carbocycles. The second-order valence-electron chi connectivity index (χ2n) is 1.19. The number of hydrogen-bond acceptors (Lipinski definition) is 3. The number of rotatable bonds is 0. The molecule has 1 rings (SSSR count). The average molecular weight is 337 g/mol. The van der Waals surface area contributed by atoms with E-state index in [1.165, 1.54) is 0 Å². The van der Waals surface area contributed by atoms with Gasteiger partial charge in [-0.05, 0) is 12.1 Å². The molecular weight excluding hydrogens is 331 g/mol. The Kier molecular flexibility index (Phi) is 6.43. The van der Waals surface area contributed by atoms with Crippen LogP contribution in [-0.2, 0) is 2.81 Å². The van der Waals surface area contributed by atoms with Crippen LogP contribution >= 0.6 is 12.6 Å². The third-order valence-electron chi connectivity index (χ3n) is 0.649. The average Bonchev–Trinajstić information content (AvgIpc) is 1.94. The summed E-state index contributed by atoms with van der Waals surface area (Å²) in [6, 6.07) is 5.60. The Hall–Kier alpha value is 0.183. The zero-order valence-corrected chi connectivity index (χ0v) is 9.39. The molecule has 0 saturated carbocycles. The molecule has 0 unspecified atom stereocenters. The van der Waals surface area contributed by atoms with Crippen LogP contribution in [0.15, 0.2) is 29.4 Å². The summed E-state index contributed by atoms with van der Waals surface area (Å²) in [5.74, 6) is 0. The first-order chi connectivity index (χ1) is 4.39. The molecule has 48 valence electrons. The molecule has 0 amide bonds. The van der Waals surface area contributed by atoms with Crippen molar-refractivity contribution in [1.82, 2.24) is 4.98 Å². The third kappa shape index (κ3) is 4.67. The fourth-order valence-corrected chi connectivity index (χ4v) is 0.506. The van der Waals surface area contributed by atoms with E-state index in [0.717, 1.165) is 5.03 Å². The molecule has 1 aromatic rings. The molecule has 0 bridgehead atoms. The molecule has 0 radical (unpaired) electrons. The second kappa shape index (κ2) is 6.31. The van der Waals surface area contributed by atoms with Gasteiger partial charge in [0, 0.05) is 6.20 Å². The van der Waals surface area contributed by atoms with Crippen LogP contribution in [0.1, 0.15) is 0 Å². The van der Waals surface area contributed by atoms with Crippen LogP contribution in [0.25, 0.3) is 0 Å². The van der Waals surface area contributed by atoms with Crippen LogP contribution in [-0.4, -0.2) is 29.7 Å². The van der Waals surface area contributed by atoms with E-state index in [0.29, 0.717) is 0 Å². The molecule has 2 nitrogen and oxygen atoms in total. The summed E-state index contributed by atoms with van der Waals surface area (Å²) in [7, 11) is 0. The van der Waals surface area contributed by atoms with Crippen LogP contribution in [0.3, 0.4) is 0 Å². The van der Waals surface area contributed by atoms with Crippen LogP contribution < -0.4 is 0 Å². The topological polar surface area (TPSA) is 30.0 Å². The van der Waals surface area contributed by atoms with E-state index in [2.05, 4.69) is 17.6 Å². The number of aromatic nitrogens is 1. The normalized spacial score (nSPS) is 7.22. The molecule has 0 aliphatic rings. The fraction of sp³-hybridized carbons (Fsp3) is 0. The first-order valence-corrected chi connectivity index (χ1v) is 4.23. The quantitative estimate of drug-likeness (QED) is 0.555. The van der Waals surface area contributed by atoms with Gasteiger partial charge in [0.1, 0.15) is 0 Å². The van der Waals surface area contributed by atoms with Crippen molar-refractivity contribution in [3.63, 3.8) is 0 Å². The summed E-state index contributed by atoms with van der Waals surface area (Å²) >= 11 is 4.03. The molecule has 4 heteroatoms. The predicted molar refractivity (Wildman–Crippen MR) is 39.3 cm³/mol. The van der Waals surface area contributed by atoms with E-state index in [-0.39, 0.29) is 24.7 Å². The standard InChI is InChI=1S/C5H5NS.Bi.O.H/c7-5-3-1-2-4-6-5;;;/h1-4H,(H,6,7);;;. The number of hydrogen-bond donors (Lipinski definition) is 1. The summed E-state index contributed by atoms with van der Waals surface area (Å²) < 4.78 is 8.39. The molecule has 0 saturated heterocycles. The Morgan fingerprint density at radius 1 is 1.44 bits per heavy atom. The molecular formula is C5H6BiNOS. The van der Waals surface area contributed by atoms with Gasteiger partial charge in [-0.1, -0.05) is 6.07 Å². The SMILES string of the molecule is Sc1ccccn1.[O]=[BiH]. The van der Waals surface area contributed by atoms with Crippen molar-refractivity contribution in [1.29, 1.82) is 0 Å². The van der Waals surface area contributed by atoms with E-state index >= 15 is 0 Å². The Morgan fingerprint density at radius 3 is 2.33 bits per heavy atom. The van der Waals surface area contributed by atoms with E-state index < -0.39 is 0 Å². The van der Waals surface area contributed by atoms with Crippen molar-refractivity contribution in [3.8, 4) is 0 Å². The van der Waals surface area contributed by atoms with Gasteiger partial charge in [-0.15, -0.1) is 12.6 Å². The van der Waals surface area contributed by atoms with E-state index in [1.807, 2.05) is 18.2 Å².